The van der Waals surface area contributed by atoms with E-state index >= 15 is 0 Å². The summed E-state index contributed by atoms with van der Waals surface area (Å²) >= 11 is 8.12. The van der Waals surface area contributed by atoms with Gasteiger partial charge >= 0.3 is 0 Å². The van der Waals surface area contributed by atoms with Crippen molar-refractivity contribution >= 4 is 61.1 Å². The smallest absolute Gasteiger partial charge is 0.133 e. The summed E-state index contributed by atoms with van der Waals surface area (Å²) in [5.74, 6) is 0. The van der Waals surface area contributed by atoms with E-state index < -0.39 is 0 Å². The molecule has 0 atom stereocenters. The molecule has 0 aliphatic carbocycles. The zero-order chi connectivity index (χ0) is 13.1. The van der Waals surface area contributed by atoms with E-state index in [0.29, 0.717) is 0 Å². The van der Waals surface area contributed by atoms with Gasteiger partial charge in [0, 0.05) is 11.0 Å². The fraction of sp³-hybridized carbons (Fsp3) is 0.250. The number of benzene rings is 1. The molecule has 3 nitrogen and oxygen atoms in total. The third-order valence-electron chi connectivity index (χ3n) is 2.54. The van der Waals surface area contributed by atoms with E-state index in [2.05, 4.69) is 101 Å². The van der Waals surface area contributed by atoms with Crippen LogP contribution in [0.4, 0.5) is 0 Å². The van der Waals surface area contributed by atoms with Crippen LogP contribution < -0.4 is 5.32 Å². The lowest BCUT2D eigenvalue weighted by molar-refractivity contribution is 0.721. The summed E-state index contributed by atoms with van der Waals surface area (Å²) in [5.41, 5.74) is 2.44. The van der Waals surface area contributed by atoms with Crippen molar-refractivity contribution in [3.63, 3.8) is 0 Å². The first-order valence-corrected chi connectivity index (χ1v) is 8.46. The van der Waals surface area contributed by atoms with Gasteiger partial charge in [0.05, 0.1) is 5.69 Å². The Bertz CT molecular complexity index is 554. The van der Waals surface area contributed by atoms with Gasteiger partial charge in [-0.1, -0.05) is 28.9 Å². The van der Waals surface area contributed by atoms with Crippen LogP contribution in [-0.4, -0.2) is 16.1 Å². The molecule has 0 saturated carbocycles. The fourth-order valence-electron chi connectivity index (χ4n) is 1.65. The van der Waals surface area contributed by atoms with Gasteiger partial charge in [-0.15, -0.1) is 0 Å². The minimum absolute atomic E-state index is 0.865. The highest BCUT2D eigenvalue weighted by Crippen LogP contribution is 2.24. The number of nitrogens with zero attached hydrogens (tertiary/aromatic N) is 2. The zero-order valence-corrected chi connectivity index (χ0v) is 15.7. The molecule has 1 heterocycles. The van der Waals surface area contributed by atoms with Crippen LogP contribution in [0.2, 0.25) is 0 Å². The van der Waals surface area contributed by atoms with Gasteiger partial charge in [-0.25, -0.2) is 4.98 Å². The van der Waals surface area contributed by atoms with Gasteiger partial charge in [0.1, 0.15) is 13.7 Å². The van der Waals surface area contributed by atoms with Gasteiger partial charge in [0.25, 0.3) is 0 Å². The zero-order valence-electron chi connectivity index (χ0n) is 9.75. The van der Waals surface area contributed by atoms with Gasteiger partial charge < -0.3 is 5.32 Å². The third-order valence-corrected chi connectivity index (χ3v) is 5.89. The highest BCUT2D eigenvalue weighted by Gasteiger charge is 2.11. The summed E-state index contributed by atoms with van der Waals surface area (Å²) < 4.78 is 5.38. The average molecular weight is 532 g/mol. The van der Waals surface area contributed by atoms with Gasteiger partial charge in [-0.3, -0.25) is 4.57 Å². The monoisotopic (exact) mass is 531 g/mol. The van der Waals surface area contributed by atoms with Crippen LogP contribution in [-0.2, 0) is 6.54 Å². The minimum atomic E-state index is 0.865. The standard InChI is InChI=1S/C12H12BrI2N3/c1-2-16-6-8-3-4-9(13)5-10(8)18-7-17-11(14)12(18)15/h3-5,7,16H,2,6H2,1H3. The first-order valence-electron chi connectivity index (χ1n) is 5.51. The van der Waals surface area contributed by atoms with Crippen molar-refractivity contribution in [3.8, 4) is 5.69 Å². The van der Waals surface area contributed by atoms with Crippen molar-refractivity contribution in [2.75, 3.05) is 6.54 Å². The Labute approximate surface area is 142 Å². The molecule has 0 radical (unpaired) electrons. The third kappa shape index (κ3) is 3.26. The Morgan fingerprint density at radius 1 is 1.39 bits per heavy atom. The second-order valence-electron chi connectivity index (χ2n) is 3.75. The second kappa shape index (κ2) is 6.67. The molecule has 0 spiro atoms. The van der Waals surface area contributed by atoms with E-state index in [-0.39, 0.29) is 0 Å². The van der Waals surface area contributed by atoms with E-state index in [1.54, 1.807) is 0 Å². The molecule has 2 aromatic rings. The molecule has 6 heteroatoms. The number of halogens is 3. The normalized spacial score (nSPS) is 10.9. The maximum absolute atomic E-state index is 4.35. The molecule has 96 valence electrons. The largest absolute Gasteiger partial charge is 0.313 e. The van der Waals surface area contributed by atoms with Crippen molar-refractivity contribution in [2.24, 2.45) is 0 Å². The van der Waals surface area contributed by atoms with Gasteiger partial charge in [-0.05, 0) is 69.4 Å². The second-order valence-corrected chi connectivity index (χ2v) is 6.71. The summed E-state index contributed by atoms with van der Waals surface area (Å²) in [7, 11) is 0. The van der Waals surface area contributed by atoms with Crippen LogP contribution >= 0.6 is 61.1 Å². The molecule has 0 unspecified atom stereocenters. The predicted octanol–water partition coefficient (Wildman–Crippen LogP) is 3.95. The highest BCUT2D eigenvalue weighted by molar-refractivity contribution is 14.1. The van der Waals surface area contributed by atoms with E-state index in [0.717, 1.165) is 25.0 Å². The Morgan fingerprint density at radius 3 is 2.78 bits per heavy atom. The molecule has 0 saturated heterocycles. The van der Waals surface area contributed by atoms with E-state index in [9.17, 15) is 0 Å². The van der Waals surface area contributed by atoms with Crippen LogP contribution in [0.15, 0.2) is 29.0 Å². The van der Waals surface area contributed by atoms with Gasteiger partial charge in [-0.2, -0.15) is 0 Å². The summed E-state index contributed by atoms with van der Waals surface area (Å²) in [6, 6.07) is 6.35. The van der Waals surface area contributed by atoms with E-state index in [1.165, 1.54) is 11.3 Å². The summed E-state index contributed by atoms with van der Waals surface area (Å²) in [6.07, 6.45) is 1.88. The first-order chi connectivity index (χ1) is 8.63. The molecular weight excluding hydrogens is 520 g/mol. The summed E-state index contributed by atoms with van der Waals surface area (Å²) in [4.78, 5) is 4.35. The minimum Gasteiger partial charge on any atom is -0.313 e. The Kier molecular flexibility index (Phi) is 5.46. The van der Waals surface area contributed by atoms with Crippen LogP contribution in [0.5, 0.6) is 0 Å². The number of hydrogen-bond acceptors (Lipinski definition) is 2. The number of nitrogens with one attached hydrogen (secondary N) is 1. The molecule has 0 aliphatic heterocycles. The molecule has 2 rings (SSSR count). The quantitative estimate of drug-likeness (QED) is 0.606. The van der Waals surface area contributed by atoms with Gasteiger partial charge in [0.15, 0.2) is 0 Å². The van der Waals surface area contributed by atoms with Crippen molar-refractivity contribution < 1.29 is 0 Å². The van der Waals surface area contributed by atoms with Gasteiger partial charge in [0.2, 0.25) is 0 Å². The first kappa shape index (κ1) is 14.7. The molecule has 0 amide bonds. The van der Waals surface area contributed by atoms with Crippen molar-refractivity contribution in [3.05, 3.63) is 42.0 Å². The van der Waals surface area contributed by atoms with Crippen LogP contribution in [0.1, 0.15) is 12.5 Å². The number of aromatic nitrogens is 2. The maximum atomic E-state index is 4.35. The highest BCUT2D eigenvalue weighted by atomic mass is 127. The summed E-state index contributed by atoms with van der Waals surface area (Å²) in [5, 5.41) is 3.37. The Morgan fingerprint density at radius 2 is 2.17 bits per heavy atom. The number of hydrogen-bond donors (Lipinski definition) is 1. The fourth-order valence-corrected chi connectivity index (χ4v) is 2.91. The molecule has 0 fully saturated rings. The van der Waals surface area contributed by atoms with Crippen LogP contribution in [0.3, 0.4) is 0 Å². The average Bonchev–Trinajstić information content (AvgIpc) is 2.68. The predicted molar refractivity (Wildman–Crippen MR) is 94.1 cm³/mol. The number of imidazole rings is 1. The van der Waals surface area contributed by atoms with Crippen molar-refractivity contribution in [1.29, 1.82) is 0 Å². The lowest BCUT2D eigenvalue weighted by atomic mass is 10.1. The van der Waals surface area contributed by atoms with E-state index in [1.807, 2.05) is 6.33 Å². The van der Waals surface area contributed by atoms with Crippen molar-refractivity contribution in [2.45, 2.75) is 13.5 Å². The van der Waals surface area contributed by atoms with Crippen LogP contribution in [0, 0.1) is 7.40 Å². The molecule has 1 N–H and O–H groups in total. The molecule has 1 aromatic carbocycles. The van der Waals surface area contributed by atoms with Crippen LogP contribution in [0.25, 0.3) is 5.69 Å². The maximum Gasteiger partial charge on any atom is 0.133 e. The topological polar surface area (TPSA) is 29.9 Å². The number of rotatable bonds is 4. The molecular formula is C12H12BrI2N3. The Balaban J connectivity index is 2.47. The summed E-state index contributed by atoms with van der Waals surface area (Å²) in [6.45, 7) is 3.94. The van der Waals surface area contributed by atoms with Crippen molar-refractivity contribution in [1.82, 2.24) is 14.9 Å². The molecule has 18 heavy (non-hydrogen) atoms. The SMILES string of the molecule is CCNCc1ccc(Br)cc1-n1cnc(I)c1I. The Hall–Kier alpha value is 0.330. The molecule has 0 aliphatic rings. The van der Waals surface area contributed by atoms with E-state index in [4.69, 9.17) is 0 Å². The lowest BCUT2D eigenvalue weighted by Gasteiger charge is -2.12. The molecule has 0 bridgehead atoms. The lowest BCUT2D eigenvalue weighted by Crippen LogP contribution is -2.14. The molecule has 1 aromatic heterocycles.